The van der Waals surface area contributed by atoms with Crippen molar-refractivity contribution in [2.75, 3.05) is 24.3 Å². The highest BCUT2D eigenvalue weighted by Gasteiger charge is 2.44. The number of nitrogens with two attached hydrogens (primary N) is 1. The van der Waals surface area contributed by atoms with Crippen LogP contribution in [-0.2, 0) is 22.3 Å². The first-order chi connectivity index (χ1) is 18.0. The third kappa shape index (κ3) is 6.22. The first-order valence-electron chi connectivity index (χ1n) is 11.7. The molecule has 0 bridgehead atoms. The van der Waals surface area contributed by atoms with E-state index in [1.54, 1.807) is 19.1 Å². The Labute approximate surface area is 221 Å². The van der Waals surface area contributed by atoms with Crippen molar-refractivity contribution in [2.45, 2.75) is 32.5 Å². The molecule has 200 valence electrons. The van der Waals surface area contributed by atoms with Crippen molar-refractivity contribution in [1.29, 1.82) is 0 Å². The zero-order chi connectivity index (χ0) is 27.5. The molecule has 12 heteroatoms. The fraction of sp³-hybridized carbons (Fsp3) is 0.308. The van der Waals surface area contributed by atoms with Crippen LogP contribution >= 0.6 is 11.6 Å². The van der Waals surface area contributed by atoms with Crippen LogP contribution in [0.3, 0.4) is 0 Å². The lowest BCUT2D eigenvalue weighted by Crippen LogP contribution is -2.43. The fourth-order valence-electron chi connectivity index (χ4n) is 4.16. The van der Waals surface area contributed by atoms with E-state index in [0.717, 1.165) is 6.07 Å². The number of ketones is 1. The molecule has 0 saturated carbocycles. The first-order valence-corrected chi connectivity index (χ1v) is 12.0. The maximum Gasteiger partial charge on any atom is 0.418 e. The zero-order valence-corrected chi connectivity index (χ0v) is 21.1. The summed E-state index contributed by atoms with van der Waals surface area (Å²) in [4.78, 5) is 34.1. The summed E-state index contributed by atoms with van der Waals surface area (Å²) in [5, 5.41) is 5.63. The summed E-state index contributed by atoms with van der Waals surface area (Å²) < 4.78 is 45.8. The van der Waals surface area contributed by atoms with Gasteiger partial charge in [0.1, 0.15) is 5.82 Å². The van der Waals surface area contributed by atoms with Gasteiger partial charge in [0, 0.05) is 24.8 Å². The average Bonchev–Trinajstić information content (AvgIpc) is 3.34. The number of alkyl halides is 3. The normalized spacial score (nSPS) is 17.3. The standard InChI is InChI=1S/C26H25ClF3N5O3/c1-15-2-4-20(18(8-15)26(28,29)30)35-17-9-19(27)21(32-12-17)13-34-24(37)25(6-7-38-14-25)10-22(36)16-3-5-23(31)33-11-16/h2-5,8-9,11-12,35H,6-7,10,13-14H2,1H3,(H2,31,33)(H,34,37)/t25-/m0/s1. The number of Topliss-reactive ketones (excluding diaryl/α,β-unsaturated/α-hetero) is 1. The number of hydrogen-bond donors (Lipinski definition) is 3. The molecule has 1 atom stereocenters. The van der Waals surface area contributed by atoms with Crippen LogP contribution < -0.4 is 16.4 Å². The van der Waals surface area contributed by atoms with Crippen molar-refractivity contribution in [1.82, 2.24) is 15.3 Å². The van der Waals surface area contributed by atoms with Crippen molar-refractivity contribution >= 4 is 40.5 Å². The lowest BCUT2D eigenvalue weighted by Gasteiger charge is -2.25. The fourth-order valence-corrected chi connectivity index (χ4v) is 4.39. The highest BCUT2D eigenvalue weighted by Crippen LogP contribution is 2.37. The van der Waals surface area contributed by atoms with Gasteiger partial charge in [-0.3, -0.25) is 14.6 Å². The molecule has 4 N–H and O–H groups in total. The number of aryl methyl sites for hydroxylation is 1. The van der Waals surface area contributed by atoms with Crippen LogP contribution in [0.2, 0.25) is 5.02 Å². The maximum atomic E-state index is 13.4. The molecule has 0 aliphatic carbocycles. The molecule has 1 amide bonds. The predicted octanol–water partition coefficient (Wildman–Crippen LogP) is 5.08. The van der Waals surface area contributed by atoms with E-state index in [-0.39, 0.29) is 53.5 Å². The number of nitrogen functional groups attached to an aromatic ring is 1. The second kappa shape index (κ2) is 11.0. The van der Waals surface area contributed by atoms with E-state index in [9.17, 15) is 22.8 Å². The lowest BCUT2D eigenvalue weighted by molar-refractivity contribution is -0.137. The summed E-state index contributed by atoms with van der Waals surface area (Å²) in [6.45, 7) is 1.94. The van der Waals surface area contributed by atoms with Gasteiger partial charge in [0.2, 0.25) is 5.91 Å². The number of anilines is 3. The van der Waals surface area contributed by atoms with E-state index < -0.39 is 17.2 Å². The summed E-state index contributed by atoms with van der Waals surface area (Å²) in [5.41, 5.74) is 4.95. The molecule has 2 aromatic heterocycles. The van der Waals surface area contributed by atoms with Gasteiger partial charge in [-0.25, -0.2) is 4.98 Å². The van der Waals surface area contributed by atoms with E-state index in [1.807, 2.05) is 0 Å². The third-order valence-electron chi connectivity index (χ3n) is 6.29. The van der Waals surface area contributed by atoms with Gasteiger partial charge in [0.25, 0.3) is 0 Å². The van der Waals surface area contributed by atoms with Crippen molar-refractivity contribution in [3.05, 3.63) is 76.2 Å². The summed E-state index contributed by atoms with van der Waals surface area (Å²) in [6, 6.07) is 8.46. The molecule has 3 heterocycles. The molecule has 0 radical (unpaired) electrons. The topological polar surface area (TPSA) is 119 Å². The Balaban J connectivity index is 1.44. The molecule has 1 aromatic carbocycles. The Morgan fingerprint density at radius 2 is 1.95 bits per heavy atom. The smallest absolute Gasteiger partial charge is 0.384 e. The number of hydrogen-bond acceptors (Lipinski definition) is 7. The number of aromatic nitrogens is 2. The van der Waals surface area contributed by atoms with Gasteiger partial charge in [-0.05, 0) is 43.7 Å². The minimum absolute atomic E-state index is 0.0460. The molecular formula is C26H25ClF3N5O3. The summed E-state index contributed by atoms with van der Waals surface area (Å²) in [6.07, 6.45) is -1.56. The van der Waals surface area contributed by atoms with Gasteiger partial charge in [-0.2, -0.15) is 13.2 Å². The quantitative estimate of drug-likeness (QED) is 0.336. The number of amides is 1. The number of pyridine rings is 2. The zero-order valence-electron chi connectivity index (χ0n) is 20.4. The average molecular weight is 548 g/mol. The summed E-state index contributed by atoms with van der Waals surface area (Å²) in [7, 11) is 0. The minimum Gasteiger partial charge on any atom is -0.384 e. The SMILES string of the molecule is Cc1ccc(Nc2cnc(CNC(=O)[C@]3(CC(=O)c4ccc(N)nc4)CCOC3)c(Cl)c2)c(C(F)(F)F)c1. The second-order valence-corrected chi connectivity index (χ2v) is 9.57. The predicted molar refractivity (Wildman–Crippen MR) is 136 cm³/mol. The Hall–Kier alpha value is -3.70. The van der Waals surface area contributed by atoms with Crippen LogP contribution in [0.25, 0.3) is 0 Å². The molecule has 1 aliphatic heterocycles. The van der Waals surface area contributed by atoms with E-state index in [1.165, 1.54) is 30.6 Å². The molecule has 38 heavy (non-hydrogen) atoms. The number of ether oxygens (including phenoxy) is 1. The maximum absolute atomic E-state index is 13.4. The minimum atomic E-state index is -4.54. The molecule has 4 rings (SSSR count). The van der Waals surface area contributed by atoms with Gasteiger partial charge in [0.05, 0.1) is 52.4 Å². The van der Waals surface area contributed by atoms with Gasteiger partial charge >= 0.3 is 6.18 Å². The van der Waals surface area contributed by atoms with Crippen molar-refractivity contribution in [3.63, 3.8) is 0 Å². The Kier molecular flexibility index (Phi) is 7.89. The number of carbonyl (C=O) groups is 2. The van der Waals surface area contributed by atoms with E-state index >= 15 is 0 Å². The number of carbonyl (C=O) groups excluding carboxylic acids is 2. The van der Waals surface area contributed by atoms with Crippen LogP contribution in [0.5, 0.6) is 0 Å². The summed E-state index contributed by atoms with van der Waals surface area (Å²) in [5.74, 6) is -0.371. The lowest BCUT2D eigenvalue weighted by atomic mass is 9.80. The Morgan fingerprint density at radius 1 is 1.16 bits per heavy atom. The molecule has 3 aromatic rings. The van der Waals surface area contributed by atoms with Gasteiger partial charge in [0.15, 0.2) is 5.78 Å². The van der Waals surface area contributed by atoms with Crippen LogP contribution in [0.15, 0.2) is 48.8 Å². The van der Waals surface area contributed by atoms with Crippen molar-refractivity contribution < 1.29 is 27.5 Å². The molecule has 8 nitrogen and oxygen atoms in total. The van der Waals surface area contributed by atoms with Crippen molar-refractivity contribution in [2.24, 2.45) is 5.41 Å². The first kappa shape index (κ1) is 27.3. The molecule has 1 fully saturated rings. The van der Waals surface area contributed by atoms with Gasteiger partial charge in [-0.1, -0.05) is 23.2 Å². The monoisotopic (exact) mass is 547 g/mol. The Morgan fingerprint density at radius 3 is 2.58 bits per heavy atom. The number of nitrogens with zero attached hydrogens (tertiary/aromatic N) is 2. The number of halogens is 4. The molecule has 1 aliphatic rings. The highest BCUT2D eigenvalue weighted by molar-refractivity contribution is 6.31. The third-order valence-corrected chi connectivity index (χ3v) is 6.61. The number of benzene rings is 1. The summed E-state index contributed by atoms with van der Waals surface area (Å²) >= 11 is 6.33. The van der Waals surface area contributed by atoms with Crippen LogP contribution in [-0.4, -0.2) is 34.9 Å². The van der Waals surface area contributed by atoms with E-state index in [0.29, 0.717) is 29.8 Å². The van der Waals surface area contributed by atoms with Crippen LogP contribution in [0.1, 0.15) is 40.0 Å². The molecule has 1 saturated heterocycles. The molecular weight excluding hydrogens is 523 g/mol. The number of nitrogens with one attached hydrogen (secondary N) is 2. The van der Waals surface area contributed by atoms with E-state index in [2.05, 4.69) is 20.6 Å². The van der Waals surface area contributed by atoms with Crippen LogP contribution in [0.4, 0.5) is 30.4 Å². The van der Waals surface area contributed by atoms with E-state index in [4.69, 9.17) is 22.1 Å². The van der Waals surface area contributed by atoms with Crippen molar-refractivity contribution in [3.8, 4) is 0 Å². The molecule has 0 unspecified atom stereocenters. The highest BCUT2D eigenvalue weighted by atomic mass is 35.5. The van der Waals surface area contributed by atoms with Gasteiger partial charge < -0.3 is 21.1 Å². The van der Waals surface area contributed by atoms with Crippen LogP contribution in [0, 0.1) is 12.3 Å². The van der Waals surface area contributed by atoms with Gasteiger partial charge in [-0.15, -0.1) is 0 Å². The second-order valence-electron chi connectivity index (χ2n) is 9.16. The largest absolute Gasteiger partial charge is 0.418 e. The molecule has 0 spiro atoms. The Bertz CT molecular complexity index is 1340. The number of rotatable bonds is 8.